The molecule has 0 aliphatic rings. The van der Waals surface area contributed by atoms with Crippen LogP contribution >= 0.6 is 0 Å². The van der Waals surface area contributed by atoms with Gasteiger partial charge in [-0.3, -0.25) is 4.79 Å². The van der Waals surface area contributed by atoms with E-state index in [1.54, 1.807) is 26.0 Å². The molecule has 1 aromatic carbocycles. The van der Waals surface area contributed by atoms with Crippen LogP contribution in [0.4, 0.5) is 5.69 Å². The molecule has 0 radical (unpaired) electrons. The van der Waals surface area contributed by atoms with Crippen molar-refractivity contribution >= 4 is 11.6 Å². The lowest BCUT2D eigenvalue weighted by Gasteiger charge is -2.12. The Morgan fingerprint density at radius 1 is 1.47 bits per heavy atom. The van der Waals surface area contributed by atoms with Crippen molar-refractivity contribution in [3.63, 3.8) is 0 Å². The summed E-state index contributed by atoms with van der Waals surface area (Å²) in [6, 6.07) is 4.83. The summed E-state index contributed by atoms with van der Waals surface area (Å²) < 4.78 is 5.03. The van der Waals surface area contributed by atoms with E-state index in [-0.39, 0.29) is 17.6 Å². The first-order valence-electron chi connectivity index (χ1n) is 4.73. The Morgan fingerprint density at radius 3 is 2.67 bits per heavy atom. The molecule has 0 aliphatic heterocycles. The van der Waals surface area contributed by atoms with Crippen LogP contribution in [-0.2, 0) is 4.79 Å². The van der Waals surface area contributed by atoms with Crippen LogP contribution in [-0.4, -0.2) is 18.1 Å². The van der Waals surface area contributed by atoms with Crippen LogP contribution in [0.15, 0.2) is 18.2 Å². The van der Waals surface area contributed by atoms with Gasteiger partial charge in [-0.2, -0.15) is 0 Å². The number of aromatic hydroxyl groups is 1. The number of ether oxygens (including phenoxy) is 1. The van der Waals surface area contributed by atoms with Crippen molar-refractivity contribution in [3.05, 3.63) is 18.2 Å². The minimum atomic E-state index is -0.158. The van der Waals surface area contributed by atoms with Crippen LogP contribution < -0.4 is 10.1 Å². The van der Waals surface area contributed by atoms with E-state index in [4.69, 9.17) is 4.74 Å². The number of carbonyl (C=O) groups excluding carboxylic acids is 1. The molecule has 0 unspecified atom stereocenters. The van der Waals surface area contributed by atoms with Gasteiger partial charge in [0.2, 0.25) is 5.91 Å². The molecule has 0 atom stereocenters. The van der Waals surface area contributed by atoms with Crippen molar-refractivity contribution in [3.8, 4) is 11.5 Å². The third-order valence-corrected chi connectivity index (χ3v) is 2.00. The van der Waals surface area contributed by atoms with Gasteiger partial charge in [-0.1, -0.05) is 19.9 Å². The molecular weight excluding hydrogens is 194 g/mol. The summed E-state index contributed by atoms with van der Waals surface area (Å²) in [6.45, 7) is 3.56. The van der Waals surface area contributed by atoms with Gasteiger partial charge < -0.3 is 15.2 Å². The minimum Gasteiger partial charge on any atom is -0.506 e. The molecule has 15 heavy (non-hydrogen) atoms. The molecule has 1 aromatic rings. The highest BCUT2D eigenvalue weighted by molar-refractivity contribution is 5.95. The third-order valence-electron chi connectivity index (χ3n) is 2.00. The number of anilines is 1. The quantitative estimate of drug-likeness (QED) is 0.748. The van der Waals surface area contributed by atoms with Crippen molar-refractivity contribution < 1.29 is 14.6 Å². The summed E-state index contributed by atoms with van der Waals surface area (Å²) in [5.41, 5.74) is 0.318. The fourth-order valence-corrected chi connectivity index (χ4v) is 1.08. The Bertz CT molecular complexity index is 361. The zero-order valence-corrected chi connectivity index (χ0v) is 9.07. The second kappa shape index (κ2) is 4.68. The molecule has 0 bridgehead atoms. The van der Waals surface area contributed by atoms with E-state index < -0.39 is 0 Å². The molecule has 0 aliphatic carbocycles. The number of hydrogen-bond donors (Lipinski definition) is 2. The Morgan fingerprint density at radius 2 is 2.13 bits per heavy atom. The maximum absolute atomic E-state index is 11.5. The second-order valence-electron chi connectivity index (χ2n) is 3.50. The maximum atomic E-state index is 11.5. The summed E-state index contributed by atoms with van der Waals surface area (Å²) in [6.07, 6.45) is 0. The molecule has 0 aromatic heterocycles. The van der Waals surface area contributed by atoms with Crippen LogP contribution in [0.2, 0.25) is 0 Å². The van der Waals surface area contributed by atoms with Crippen molar-refractivity contribution in [1.29, 1.82) is 0 Å². The number of carbonyl (C=O) groups is 1. The second-order valence-corrected chi connectivity index (χ2v) is 3.50. The normalized spacial score (nSPS) is 10.1. The van der Waals surface area contributed by atoms with Gasteiger partial charge in [0.1, 0.15) is 17.2 Å². The third kappa shape index (κ3) is 2.62. The fourth-order valence-electron chi connectivity index (χ4n) is 1.08. The monoisotopic (exact) mass is 209 g/mol. The molecule has 0 spiro atoms. The zero-order chi connectivity index (χ0) is 11.4. The van der Waals surface area contributed by atoms with Crippen LogP contribution in [0.1, 0.15) is 13.8 Å². The van der Waals surface area contributed by atoms with Gasteiger partial charge in [0.05, 0.1) is 7.11 Å². The van der Waals surface area contributed by atoms with E-state index in [0.717, 1.165) is 0 Å². The fraction of sp³-hybridized carbons (Fsp3) is 0.364. The number of rotatable bonds is 3. The van der Waals surface area contributed by atoms with E-state index in [2.05, 4.69) is 5.32 Å². The lowest BCUT2D eigenvalue weighted by atomic mass is 10.2. The van der Waals surface area contributed by atoms with Gasteiger partial charge in [0.15, 0.2) is 0 Å². The lowest BCUT2D eigenvalue weighted by molar-refractivity contribution is -0.118. The van der Waals surface area contributed by atoms with Crippen LogP contribution in [0.25, 0.3) is 0 Å². The average Bonchev–Trinajstić information content (AvgIpc) is 2.20. The van der Waals surface area contributed by atoms with Gasteiger partial charge in [-0.05, 0) is 12.1 Å². The minimum absolute atomic E-state index is 0.00310. The molecule has 0 heterocycles. The van der Waals surface area contributed by atoms with Gasteiger partial charge in [-0.25, -0.2) is 0 Å². The SMILES string of the molecule is COc1cccc(O)c1NC(=O)C(C)C. The Kier molecular flexibility index (Phi) is 3.55. The highest BCUT2D eigenvalue weighted by Crippen LogP contribution is 2.33. The molecule has 0 fully saturated rings. The predicted octanol–water partition coefficient (Wildman–Crippen LogP) is 2.00. The van der Waals surface area contributed by atoms with Crippen molar-refractivity contribution in [1.82, 2.24) is 0 Å². The number of methoxy groups -OCH3 is 1. The largest absolute Gasteiger partial charge is 0.506 e. The molecule has 0 saturated heterocycles. The molecule has 2 N–H and O–H groups in total. The molecule has 1 rings (SSSR count). The van der Waals surface area contributed by atoms with Gasteiger partial charge >= 0.3 is 0 Å². The highest BCUT2D eigenvalue weighted by atomic mass is 16.5. The Balaban J connectivity index is 2.97. The van der Waals surface area contributed by atoms with Crippen LogP contribution in [0.5, 0.6) is 11.5 Å². The Labute approximate surface area is 88.9 Å². The molecule has 4 heteroatoms. The topological polar surface area (TPSA) is 58.6 Å². The lowest BCUT2D eigenvalue weighted by Crippen LogP contribution is -2.18. The number of nitrogens with one attached hydrogen (secondary N) is 1. The number of para-hydroxylation sites is 1. The molecule has 82 valence electrons. The van der Waals surface area contributed by atoms with Gasteiger partial charge in [-0.15, -0.1) is 0 Å². The predicted molar refractivity (Wildman–Crippen MR) is 58.1 cm³/mol. The van der Waals surface area contributed by atoms with Crippen LogP contribution in [0, 0.1) is 5.92 Å². The van der Waals surface area contributed by atoms with E-state index >= 15 is 0 Å². The first-order chi connectivity index (χ1) is 7.06. The summed E-state index contributed by atoms with van der Waals surface area (Å²) >= 11 is 0. The molecule has 4 nitrogen and oxygen atoms in total. The summed E-state index contributed by atoms with van der Waals surface area (Å²) in [4.78, 5) is 11.5. The van der Waals surface area contributed by atoms with Gasteiger partial charge in [0.25, 0.3) is 0 Å². The van der Waals surface area contributed by atoms with Crippen molar-refractivity contribution in [2.24, 2.45) is 5.92 Å². The summed E-state index contributed by atoms with van der Waals surface area (Å²) in [7, 11) is 1.49. The number of phenols is 1. The smallest absolute Gasteiger partial charge is 0.227 e. The number of benzene rings is 1. The van der Waals surface area contributed by atoms with E-state index in [9.17, 15) is 9.90 Å². The van der Waals surface area contributed by atoms with E-state index in [1.807, 2.05) is 0 Å². The van der Waals surface area contributed by atoms with Crippen molar-refractivity contribution in [2.75, 3.05) is 12.4 Å². The van der Waals surface area contributed by atoms with Crippen LogP contribution in [0.3, 0.4) is 0 Å². The molecule has 1 amide bonds. The number of phenolic OH excluding ortho intramolecular Hbond substituents is 1. The number of hydrogen-bond acceptors (Lipinski definition) is 3. The number of amides is 1. The van der Waals surface area contributed by atoms with Gasteiger partial charge in [0, 0.05) is 5.92 Å². The summed E-state index contributed by atoms with van der Waals surface area (Å²) in [5, 5.41) is 12.2. The Hall–Kier alpha value is -1.71. The van der Waals surface area contributed by atoms with E-state index in [1.165, 1.54) is 13.2 Å². The molecular formula is C11H15NO3. The highest BCUT2D eigenvalue weighted by Gasteiger charge is 2.13. The maximum Gasteiger partial charge on any atom is 0.227 e. The average molecular weight is 209 g/mol. The first kappa shape index (κ1) is 11.4. The molecule has 0 saturated carbocycles. The first-order valence-corrected chi connectivity index (χ1v) is 4.73. The zero-order valence-electron chi connectivity index (χ0n) is 9.07. The standard InChI is InChI=1S/C11H15NO3/c1-7(2)11(14)12-10-8(13)5-4-6-9(10)15-3/h4-7,13H,1-3H3,(H,12,14). The summed E-state index contributed by atoms with van der Waals surface area (Å²) in [5.74, 6) is 0.150. The van der Waals surface area contributed by atoms with E-state index in [0.29, 0.717) is 11.4 Å². The van der Waals surface area contributed by atoms with Crippen molar-refractivity contribution in [2.45, 2.75) is 13.8 Å².